The van der Waals surface area contributed by atoms with Gasteiger partial charge in [0.25, 0.3) is 0 Å². The minimum atomic E-state index is 0.663. The van der Waals surface area contributed by atoms with Crippen molar-refractivity contribution in [2.75, 3.05) is 6.61 Å². The molecule has 0 unspecified atom stereocenters. The number of rotatable bonds is 6. The van der Waals surface area contributed by atoms with Gasteiger partial charge < -0.3 is 4.74 Å². The number of aryl methyl sites for hydroxylation is 1. The van der Waals surface area contributed by atoms with Gasteiger partial charge in [-0.05, 0) is 24.6 Å². The summed E-state index contributed by atoms with van der Waals surface area (Å²) in [6.07, 6.45) is 3.40. The zero-order valence-electron chi connectivity index (χ0n) is 11.3. The number of nitrogens with one attached hydrogen (secondary N) is 1. The Hall–Kier alpha value is -1.54. The Morgan fingerprint density at radius 1 is 1.45 bits per heavy atom. The quantitative estimate of drug-likeness (QED) is 0.758. The number of hydrogen-bond donors (Lipinski definition) is 1. The van der Waals surface area contributed by atoms with E-state index < -0.39 is 0 Å². The Labute approximate surface area is 124 Å². The van der Waals surface area contributed by atoms with Crippen LogP contribution in [-0.2, 0) is 6.42 Å². The number of aromatic nitrogens is 5. The number of hydrogen-bond acceptors (Lipinski definition) is 6. The molecule has 1 N–H and O–H groups in total. The van der Waals surface area contributed by atoms with Crippen LogP contribution in [0.5, 0.6) is 5.88 Å². The molecule has 0 aliphatic rings. The molecule has 0 radical (unpaired) electrons. The normalized spacial score (nSPS) is 11.3. The van der Waals surface area contributed by atoms with Crippen LogP contribution in [-0.4, -0.2) is 31.4 Å². The summed E-state index contributed by atoms with van der Waals surface area (Å²) >= 11 is 3.18. The average molecular weight is 309 g/mol. The van der Waals surface area contributed by atoms with Crippen molar-refractivity contribution in [2.24, 2.45) is 0 Å². The van der Waals surface area contributed by atoms with Crippen molar-refractivity contribution in [3.05, 3.63) is 17.4 Å². The molecule has 6 nitrogen and oxygen atoms in total. The van der Waals surface area contributed by atoms with E-state index in [-0.39, 0.29) is 0 Å². The van der Waals surface area contributed by atoms with Crippen molar-refractivity contribution in [1.82, 2.24) is 24.8 Å². The standard InChI is InChI=1S/C12H15N5OS2/c1-3-5-18-10-9(20-12-13-7-14-15-12)11-17(16-10)8(4-2)6-19-11/h6-7H,3-5H2,1-2H3,(H,13,14,15). The lowest BCUT2D eigenvalue weighted by molar-refractivity contribution is 0.297. The van der Waals surface area contributed by atoms with Crippen molar-refractivity contribution in [1.29, 1.82) is 0 Å². The number of ether oxygens (including phenoxy) is 1. The number of aromatic amines is 1. The predicted molar refractivity (Wildman–Crippen MR) is 78.7 cm³/mol. The second-order valence-corrected chi connectivity index (χ2v) is 6.03. The van der Waals surface area contributed by atoms with Crippen LogP contribution in [0.15, 0.2) is 21.8 Å². The van der Waals surface area contributed by atoms with Gasteiger partial charge in [0.1, 0.15) is 16.1 Å². The average Bonchev–Trinajstić information content (AvgIpc) is 3.15. The first kappa shape index (κ1) is 13.4. The first-order chi connectivity index (χ1) is 9.83. The third kappa shape index (κ3) is 2.40. The zero-order chi connectivity index (χ0) is 13.9. The Morgan fingerprint density at radius 2 is 2.35 bits per heavy atom. The molecule has 0 aliphatic carbocycles. The molecule has 0 aromatic carbocycles. The molecule has 0 amide bonds. The molecule has 3 heterocycles. The molecule has 106 valence electrons. The fourth-order valence-electron chi connectivity index (χ4n) is 1.79. The molecule has 3 rings (SSSR count). The van der Waals surface area contributed by atoms with Crippen molar-refractivity contribution in [2.45, 2.75) is 36.7 Å². The second-order valence-electron chi connectivity index (χ2n) is 4.17. The smallest absolute Gasteiger partial charge is 0.249 e. The highest BCUT2D eigenvalue weighted by atomic mass is 32.2. The lowest BCUT2D eigenvalue weighted by Gasteiger charge is -2.02. The summed E-state index contributed by atoms with van der Waals surface area (Å²) in [4.78, 5) is 6.25. The lowest BCUT2D eigenvalue weighted by Crippen LogP contribution is -1.97. The molecule has 3 aromatic rings. The predicted octanol–water partition coefficient (Wildman–Crippen LogP) is 3.02. The Kier molecular flexibility index (Phi) is 3.93. The maximum absolute atomic E-state index is 5.77. The van der Waals surface area contributed by atoms with Gasteiger partial charge in [0.15, 0.2) is 5.16 Å². The third-order valence-corrected chi connectivity index (χ3v) is 4.83. The Balaban J connectivity index is 2.02. The van der Waals surface area contributed by atoms with Crippen LogP contribution in [0.1, 0.15) is 26.0 Å². The molecule has 0 saturated carbocycles. The fraction of sp³-hybridized carbons (Fsp3) is 0.417. The summed E-state index contributed by atoms with van der Waals surface area (Å²) in [5.41, 5.74) is 1.19. The molecule has 0 bridgehead atoms. The van der Waals surface area contributed by atoms with Crippen LogP contribution in [0.3, 0.4) is 0 Å². The van der Waals surface area contributed by atoms with Crippen molar-refractivity contribution in [3.63, 3.8) is 0 Å². The first-order valence-corrected chi connectivity index (χ1v) is 8.18. The molecule has 0 fully saturated rings. The van der Waals surface area contributed by atoms with Gasteiger partial charge in [0.2, 0.25) is 5.88 Å². The van der Waals surface area contributed by atoms with Crippen molar-refractivity contribution < 1.29 is 4.74 Å². The van der Waals surface area contributed by atoms with Crippen LogP contribution in [0, 0.1) is 0 Å². The summed E-state index contributed by atoms with van der Waals surface area (Å²) < 4.78 is 7.74. The van der Waals surface area contributed by atoms with E-state index >= 15 is 0 Å². The molecular formula is C12H15N5OS2. The third-order valence-electron chi connectivity index (χ3n) is 2.75. The van der Waals surface area contributed by atoms with E-state index in [1.54, 1.807) is 11.3 Å². The van der Waals surface area contributed by atoms with Gasteiger partial charge in [-0.1, -0.05) is 13.8 Å². The van der Waals surface area contributed by atoms with E-state index in [0.717, 1.165) is 27.7 Å². The summed E-state index contributed by atoms with van der Waals surface area (Å²) in [7, 11) is 0. The van der Waals surface area contributed by atoms with Gasteiger partial charge in [-0.25, -0.2) is 9.50 Å². The van der Waals surface area contributed by atoms with Gasteiger partial charge in [-0.3, -0.25) is 5.10 Å². The van der Waals surface area contributed by atoms with Gasteiger partial charge >= 0.3 is 0 Å². The van der Waals surface area contributed by atoms with Gasteiger partial charge in [-0.15, -0.1) is 16.4 Å². The van der Waals surface area contributed by atoms with Crippen LogP contribution < -0.4 is 4.74 Å². The minimum Gasteiger partial charge on any atom is -0.476 e. The summed E-state index contributed by atoms with van der Waals surface area (Å²) in [6.45, 7) is 4.87. The topological polar surface area (TPSA) is 68.1 Å². The van der Waals surface area contributed by atoms with Crippen molar-refractivity contribution in [3.8, 4) is 5.88 Å². The molecule has 0 atom stereocenters. The first-order valence-electron chi connectivity index (χ1n) is 6.48. The van der Waals surface area contributed by atoms with Crippen LogP contribution in [0.4, 0.5) is 0 Å². The summed E-state index contributed by atoms with van der Waals surface area (Å²) in [5.74, 6) is 0.676. The van der Waals surface area contributed by atoms with E-state index in [0.29, 0.717) is 12.5 Å². The zero-order valence-corrected chi connectivity index (χ0v) is 12.9. The Morgan fingerprint density at radius 3 is 3.05 bits per heavy atom. The highest BCUT2D eigenvalue weighted by Crippen LogP contribution is 2.39. The van der Waals surface area contributed by atoms with Crippen LogP contribution >= 0.6 is 23.1 Å². The highest BCUT2D eigenvalue weighted by Gasteiger charge is 2.19. The van der Waals surface area contributed by atoms with Crippen molar-refractivity contribution >= 4 is 27.9 Å². The van der Waals surface area contributed by atoms with Gasteiger partial charge in [-0.2, -0.15) is 5.10 Å². The van der Waals surface area contributed by atoms with E-state index in [4.69, 9.17) is 4.74 Å². The minimum absolute atomic E-state index is 0.663. The van der Waals surface area contributed by atoms with E-state index in [2.05, 4.69) is 39.5 Å². The maximum atomic E-state index is 5.77. The molecule has 0 saturated heterocycles. The second kappa shape index (κ2) is 5.84. The summed E-state index contributed by atoms with van der Waals surface area (Å²) in [5, 5.41) is 14.2. The van der Waals surface area contributed by atoms with Crippen LogP contribution in [0.25, 0.3) is 4.83 Å². The highest BCUT2D eigenvalue weighted by molar-refractivity contribution is 7.99. The van der Waals surface area contributed by atoms with Gasteiger partial charge in [0, 0.05) is 5.38 Å². The number of nitrogens with zero attached hydrogens (tertiary/aromatic N) is 4. The molecule has 0 spiro atoms. The monoisotopic (exact) mass is 309 g/mol. The maximum Gasteiger partial charge on any atom is 0.249 e. The number of thiazole rings is 1. The molecular weight excluding hydrogens is 294 g/mol. The SMILES string of the molecule is CCCOc1nn2c(CC)csc2c1Sc1ncn[nH]1. The lowest BCUT2D eigenvalue weighted by atomic mass is 10.4. The fourth-order valence-corrected chi connectivity index (χ4v) is 3.78. The van der Waals surface area contributed by atoms with Crippen LogP contribution in [0.2, 0.25) is 0 Å². The molecule has 8 heteroatoms. The largest absolute Gasteiger partial charge is 0.476 e. The number of fused-ring (bicyclic) bond motifs is 1. The van der Waals surface area contributed by atoms with E-state index in [9.17, 15) is 0 Å². The van der Waals surface area contributed by atoms with E-state index in [1.807, 2.05) is 4.52 Å². The van der Waals surface area contributed by atoms with E-state index in [1.165, 1.54) is 23.8 Å². The number of H-pyrrole nitrogens is 1. The Bertz CT molecular complexity index is 688. The van der Waals surface area contributed by atoms with Gasteiger partial charge in [0.05, 0.1) is 12.3 Å². The molecule has 3 aromatic heterocycles. The molecule has 0 aliphatic heterocycles. The summed E-state index contributed by atoms with van der Waals surface area (Å²) in [6, 6.07) is 0. The molecule has 20 heavy (non-hydrogen) atoms.